The van der Waals surface area contributed by atoms with E-state index in [1.165, 1.54) is 4.90 Å². The predicted octanol–water partition coefficient (Wildman–Crippen LogP) is 4.22. The van der Waals surface area contributed by atoms with Crippen LogP contribution in [0.4, 0.5) is 5.69 Å². The number of para-hydroxylation sites is 2. The summed E-state index contributed by atoms with van der Waals surface area (Å²) in [5.74, 6) is -0.302. The third-order valence-electron chi connectivity index (χ3n) is 5.66. The van der Waals surface area contributed by atoms with Crippen LogP contribution in [0.5, 0.6) is 0 Å². The fourth-order valence-electron chi connectivity index (χ4n) is 4.03. The van der Waals surface area contributed by atoms with Crippen molar-refractivity contribution >= 4 is 51.8 Å². The average molecular weight is 467 g/mol. The van der Waals surface area contributed by atoms with Crippen molar-refractivity contribution in [3.05, 3.63) is 108 Å². The van der Waals surface area contributed by atoms with E-state index in [1.807, 2.05) is 95.7 Å². The maximum Gasteiger partial charge on any atom is 0.281 e. The normalized spacial score (nSPS) is 14.6. The molecule has 0 atom stereocenters. The van der Waals surface area contributed by atoms with Gasteiger partial charge in [0, 0.05) is 29.2 Å². The summed E-state index contributed by atoms with van der Waals surface area (Å²) in [5.41, 5.74) is 3.90. The van der Waals surface area contributed by atoms with E-state index >= 15 is 0 Å². The molecule has 6 nitrogen and oxygen atoms in total. The first-order chi connectivity index (χ1) is 16.6. The number of hydrogen-bond donors (Lipinski definition) is 2. The summed E-state index contributed by atoms with van der Waals surface area (Å²) in [6.45, 7) is 0.646. The Labute approximate surface area is 202 Å². The van der Waals surface area contributed by atoms with Crippen molar-refractivity contribution < 1.29 is 9.59 Å². The van der Waals surface area contributed by atoms with Crippen LogP contribution in [0.2, 0.25) is 0 Å². The Morgan fingerprint density at radius 1 is 0.941 bits per heavy atom. The van der Waals surface area contributed by atoms with Crippen LogP contribution in [0.15, 0.2) is 96.8 Å². The summed E-state index contributed by atoms with van der Waals surface area (Å²) in [5, 5.41) is 7.29. The highest BCUT2D eigenvalue weighted by Gasteiger charge is 2.32. The number of benzene rings is 3. The lowest BCUT2D eigenvalue weighted by Crippen LogP contribution is -2.30. The zero-order valence-corrected chi connectivity index (χ0v) is 19.1. The Balaban J connectivity index is 1.39. The van der Waals surface area contributed by atoms with E-state index in [0.29, 0.717) is 23.0 Å². The molecule has 1 aliphatic heterocycles. The molecule has 168 valence electrons. The lowest BCUT2D eigenvalue weighted by molar-refractivity contribution is -0.121. The van der Waals surface area contributed by atoms with Crippen molar-refractivity contribution in [3.8, 4) is 0 Å². The molecule has 0 aliphatic carbocycles. The molecule has 1 aromatic heterocycles. The number of nitrogens with zero attached hydrogens (tertiary/aromatic N) is 2. The van der Waals surface area contributed by atoms with Crippen LogP contribution in [0.1, 0.15) is 11.1 Å². The van der Waals surface area contributed by atoms with Gasteiger partial charge in [-0.2, -0.15) is 0 Å². The molecule has 7 heteroatoms. The summed E-state index contributed by atoms with van der Waals surface area (Å²) in [7, 11) is 0. The van der Waals surface area contributed by atoms with Crippen molar-refractivity contribution in [1.82, 2.24) is 15.2 Å². The largest absolute Gasteiger partial charge is 0.350 e. The minimum absolute atomic E-state index is 0.0877. The number of hydrogen-bond acceptors (Lipinski definition) is 3. The van der Waals surface area contributed by atoms with Gasteiger partial charge in [0.2, 0.25) is 5.91 Å². The zero-order chi connectivity index (χ0) is 23.5. The van der Waals surface area contributed by atoms with E-state index in [1.54, 1.807) is 6.08 Å². The van der Waals surface area contributed by atoms with Crippen LogP contribution in [-0.4, -0.2) is 21.5 Å². The van der Waals surface area contributed by atoms with Crippen LogP contribution in [0, 0.1) is 0 Å². The Kier molecular flexibility index (Phi) is 5.93. The summed E-state index contributed by atoms with van der Waals surface area (Å²) in [4.78, 5) is 27.2. The molecule has 4 aromatic rings. The monoisotopic (exact) mass is 466 g/mol. The molecular weight excluding hydrogens is 444 g/mol. The second-order valence-electron chi connectivity index (χ2n) is 7.96. The lowest BCUT2D eigenvalue weighted by Gasteiger charge is -2.13. The first kappa shape index (κ1) is 21.6. The number of aromatic nitrogens is 1. The van der Waals surface area contributed by atoms with Crippen LogP contribution in [-0.2, 0) is 22.7 Å². The molecule has 0 unspecified atom stereocenters. The molecule has 1 saturated heterocycles. The summed E-state index contributed by atoms with van der Waals surface area (Å²) in [6, 6.07) is 26.9. The van der Waals surface area contributed by atoms with Crippen molar-refractivity contribution in [2.75, 3.05) is 4.90 Å². The van der Waals surface area contributed by atoms with Gasteiger partial charge in [-0.15, -0.1) is 0 Å². The quantitative estimate of drug-likeness (QED) is 0.330. The number of amides is 2. The Hall–Kier alpha value is -4.23. The van der Waals surface area contributed by atoms with E-state index in [9.17, 15) is 9.59 Å². The van der Waals surface area contributed by atoms with Gasteiger partial charge in [0.25, 0.3) is 5.91 Å². The average Bonchev–Trinajstić information content (AvgIpc) is 3.35. The van der Waals surface area contributed by atoms with Gasteiger partial charge in [-0.25, -0.2) is 0 Å². The van der Waals surface area contributed by atoms with Gasteiger partial charge in [0.15, 0.2) is 5.11 Å². The zero-order valence-electron chi connectivity index (χ0n) is 18.3. The summed E-state index contributed by atoms with van der Waals surface area (Å²) in [6.07, 6.45) is 3.68. The molecule has 1 fully saturated rings. The second-order valence-corrected chi connectivity index (χ2v) is 8.34. The Morgan fingerprint density at radius 3 is 2.38 bits per heavy atom. The Morgan fingerprint density at radius 2 is 1.62 bits per heavy atom. The number of fused-ring (bicyclic) bond motifs is 1. The van der Waals surface area contributed by atoms with E-state index in [4.69, 9.17) is 12.2 Å². The molecule has 0 bridgehead atoms. The molecule has 2 amide bonds. The number of carbonyl (C=O) groups is 2. The van der Waals surface area contributed by atoms with Crippen LogP contribution in [0.3, 0.4) is 0 Å². The number of thiocarbonyl (C=S) groups is 1. The molecule has 0 radical (unpaired) electrons. The van der Waals surface area contributed by atoms with Crippen molar-refractivity contribution in [3.63, 3.8) is 0 Å². The molecule has 2 N–H and O–H groups in total. The lowest BCUT2D eigenvalue weighted by atomic mass is 10.1. The molecular formula is C27H22N4O2S. The maximum absolute atomic E-state index is 13.1. The van der Waals surface area contributed by atoms with Gasteiger partial charge in [0.1, 0.15) is 12.2 Å². The van der Waals surface area contributed by atoms with Crippen LogP contribution < -0.4 is 15.5 Å². The standard InChI is InChI=1S/C27H22N4O2S/c32-25(28-16-19-9-3-1-4-10-19)18-30-17-20(22-13-7-8-14-24(22)30)15-23-26(33)31(27(34)29-23)21-11-5-2-6-12-21/h1-15,17H,16,18H2,(H,28,32)(H,29,34)/b23-15+. The van der Waals surface area contributed by atoms with Gasteiger partial charge >= 0.3 is 0 Å². The van der Waals surface area contributed by atoms with E-state index in [-0.39, 0.29) is 18.4 Å². The highest BCUT2D eigenvalue weighted by Crippen LogP contribution is 2.26. The minimum atomic E-state index is -0.214. The number of carbonyl (C=O) groups excluding carboxylic acids is 2. The molecule has 2 heterocycles. The molecule has 3 aromatic carbocycles. The molecule has 5 rings (SSSR count). The van der Waals surface area contributed by atoms with E-state index in [0.717, 1.165) is 22.0 Å². The topological polar surface area (TPSA) is 66.4 Å². The van der Waals surface area contributed by atoms with Gasteiger partial charge < -0.3 is 15.2 Å². The van der Waals surface area contributed by atoms with Gasteiger partial charge in [-0.3, -0.25) is 14.5 Å². The third-order valence-corrected chi connectivity index (χ3v) is 5.94. The number of rotatable bonds is 6. The van der Waals surface area contributed by atoms with Crippen LogP contribution >= 0.6 is 12.2 Å². The van der Waals surface area contributed by atoms with E-state index < -0.39 is 0 Å². The summed E-state index contributed by atoms with van der Waals surface area (Å²) < 4.78 is 1.90. The minimum Gasteiger partial charge on any atom is -0.350 e. The van der Waals surface area contributed by atoms with E-state index in [2.05, 4.69) is 10.6 Å². The number of anilines is 1. The SMILES string of the molecule is O=C(Cn1cc(/C=C2/NC(=S)N(c3ccccc3)C2=O)c2ccccc21)NCc1ccccc1. The fourth-order valence-corrected chi connectivity index (χ4v) is 4.33. The molecule has 0 spiro atoms. The molecule has 1 aliphatic rings. The highest BCUT2D eigenvalue weighted by molar-refractivity contribution is 7.80. The van der Waals surface area contributed by atoms with Crippen molar-refractivity contribution in [2.24, 2.45) is 0 Å². The van der Waals surface area contributed by atoms with Gasteiger partial charge in [-0.05, 0) is 42.1 Å². The third kappa shape index (κ3) is 4.33. The maximum atomic E-state index is 13.1. The number of nitrogens with one attached hydrogen (secondary N) is 2. The molecule has 34 heavy (non-hydrogen) atoms. The van der Waals surface area contributed by atoms with Crippen LogP contribution in [0.25, 0.3) is 17.0 Å². The molecule has 0 saturated carbocycles. The summed E-state index contributed by atoms with van der Waals surface area (Å²) >= 11 is 5.42. The highest BCUT2D eigenvalue weighted by atomic mass is 32.1. The first-order valence-corrected chi connectivity index (χ1v) is 11.3. The Bertz CT molecular complexity index is 1410. The fraction of sp³-hybridized carbons (Fsp3) is 0.0741. The second kappa shape index (κ2) is 9.33. The predicted molar refractivity (Wildman–Crippen MR) is 138 cm³/mol. The smallest absolute Gasteiger partial charge is 0.281 e. The first-order valence-electron chi connectivity index (χ1n) is 10.9. The van der Waals surface area contributed by atoms with Gasteiger partial charge in [-0.1, -0.05) is 66.7 Å². The van der Waals surface area contributed by atoms with Crippen molar-refractivity contribution in [2.45, 2.75) is 13.1 Å². The van der Waals surface area contributed by atoms with Gasteiger partial charge in [0.05, 0.1) is 5.69 Å². The van der Waals surface area contributed by atoms with Crippen molar-refractivity contribution in [1.29, 1.82) is 0 Å².